The molecule has 0 radical (unpaired) electrons. The minimum atomic E-state index is -0.794. The number of esters is 1. The van der Waals surface area contributed by atoms with E-state index < -0.39 is 12.1 Å². The predicted molar refractivity (Wildman–Crippen MR) is 55.4 cm³/mol. The van der Waals surface area contributed by atoms with Crippen LogP contribution >= 0.6 is 0 Å². The Balaban J connectivity index is 2.36. The van der Waals surface area contributed by atoms with Crippen LogP contribution in [0.25, 0.3) is 0 Å². The summed E-state index contributed by atoms with van der Waals surface area (Å²) in [5, 5.41) is 9.40. The fraction of sp³-hybridized carbons (Fsp3) is 0.727. The molecule has 1 unspecified atom stereocenters. The van der Waals surface area contributed by atoms with E-state index in [4.69, 9.17) is 9.47 Å². The van der Waals surface area contributed by atoms with Gasteiger partial charge in [0, 0.05) is 12.8 Å². The Bertz CT molecular complexity index is 231. The average molecular weight is 214 g/mol. The lowest BCUT2D eigenvalue weighted by Crippen LogP contribution is -2.28. The second kappa shape index (κ2) is 5.88. The largest absolute Gasteiger partial charge is 0.459 e. The van der Waals surface area contributed by atoms with Gasteiger partial charge in [0.2, 0.25) is 0 Å². The summed E-state index contributed by atoms with van der Waals surface area (Å²) in [5.41, 5.74) is 0.143. The minimum Gasteiger partial charge on any atom is -0.459 e. The van der Waals surface area contributed by atoms with Gasteiger partial charge in [-0.3, -0.25) is 0 Å². The SMILES string of the molecule is C=C(C(=O)OC1CCOCC1)C(O)CC. The zero-order valence-electron chi connectivity index (χ0n) is 9.07. The predicted octanol–water partition coefficient (Wildman–Crippen LogP) is 1.04. The first kappa shape index (κ1) is 12.2. The van der Waals surface area contributed by atoms with Crippen LogP contribution in [0.3, 0.4) is 0 Å². The summed E-state index contributed by atoms with van der Waals surface area (Å²) in [6.45, 7) is 6.58. The highest BCUT2D eigenvalue weighted by Gasteiger charge is 2.22. The van der Waals surface area contributed by atoms with Crippen LogP contribution < -0.4 is 0 Å². The number of carbonyl (C=O) groups excluding carboxylic acids is 1. The van der Waals surface area contributed by atoms with Crippen molar-refractivity contribution >= 4 is 5.97 Å². The first-order chi connectivity index (χ1) is 7.15. The third-order valence-electron chi connectivity index (χ3n) is 2.49. The summed E-state index contributed by atoms with van der Waals surface area (Å²) < 4.78 is 10.3. The Kier molecular flexibility index (Phi) is 4.78. The van der Waals surface area contributed by atoms with Crippen LogP contribution in [-0.4, -0.2) is 36.5 Å². The third kappa shape index (κ3) is 3.64. The maximum atomic E-state index is 11.5. The second-order valence-corrected chi connectivity index (χ2v) is 3.67. The van der Waals surface area contributed by atoms with Crippen molar-refractivity contribution in [3.8, 4) is 0 Å². The number of hydrogen-bond acceptors (Lipinski definition) is 4. The standard InChI is InChI=1S/C11H18O4/c1-3-10(12)8(2)11(13)15-9-4-6-14-7-5-9/h9-10,12H,2-7H2,1H3. The minimum absolute atomic E-state index is 0.0907. The van der Waals surface area contributed by atoms with Gasteiger partial charge in [0.05, 0.1) is 24.9 Å². The van der Waals surface area contributed by atoms with Crippen LogP contribution in [0.1, 0.15) is 26.2 Å². The second-order valence-electron chi connectivity index (χ2n) is 3.67. The first-order valence-corrected chi connectivity index (χ1v) is 5.30. The number of rotatable bonds is 4. The first-order valence-electron chi connectivity index (χ1n) is 5.30. The molecule has 86 valence electrons. The quantitative estimate of drug-likeness (QED) is 0.561. The fourth-order valence-corrected chi connectivity index (χ4v) is 1.40. The molecular weight excluding hydrogens is 196 g/mol. The van der Waals surface area contributed by atoms with Crippen LogP contribution in [0.2, 0.25) is 0 Å². The molecule has 0 aromatic heterocycles. The van der Waals surface area contributed by atoms with Gasteiger partial charge in [0.1, 0.15) is 6.10 Å². The molecule has 1 aliphatic rings. The van der Waals surface area contributed by atoms with E-state index in [2.05, 4.69) is 6.58 Å². The summed E-state index contributed by atoms with van der Waals surface area (Å²) in [6, 6.07) is 0. The molecule has 1 atom stereocenters. The molecule has 0 amide bonds. The highest BCUT2D eigenvalue weighted by atomic mass is 16.6. The molecule has 0 aliphatic carbocycles. The normalized spacial score (nSPS) is 19.6. The molecule has 1 fully saturated rings. The number of hydrogen-bond donors (Lipinski definition) is 1. The van der Waals surface area contributed by atoms with E-state index in [9.17, 15) is 9.90 Å². The molecule has 0 spiro atoms. The molecule has 1 aliphatic heterocycles. The van der Waals surface area contributed by atoms with E-state index in [1.807, 2.05) is 0 Å². The topological polar surface area (TPSA) is 55.8 Å². The van der Waals surface area contributed by atoms with Crippen LogP contribution in [0.4, 0.5) is 0 Å². The number of aliphatic hydroxyl groups is 1. The molecule has 4 nitrogen and oxygen atoms in total. The summed E-state index contributed by atoms with van der Waals surface area (Å²) in [5.74, 6) is -0.490. The van der Waals surface area contributed by atoms with E-state index in [0.29, 0.717) is 19.6 Å². The van der Waals surface area contributed by atoms with Crippen LogP contribution in [0.5, 0.6) is 0 Å². The van der Waals surface area contributed by atoms with Gasteiger partial charge in [0.25, 0.3) is 0 Å². The van der Waals surface area contributed by atoms with Crippen LogP contribution in [0.15, 0.2) is 12.2 Å². The van der Waals surface area contributed by atoms with Crippen molar-refractivity contribution in [3.63, 3.8) is 0 Å². The molecule has 0 saturated carbocycles. The van der Waals surface area contributed by atoms with Crippen molar-refractivity contribution in [2.75, 3.05) is 13.2 Å². The number of aliphatic hydroxyl groups excluding tert-OH is 1. The summed E-state index contributed by atoms with van der Waals surface area (Å²) in [6.07, 6.45) is 1.04. The number of carbonyl (C=O) groups is 1. The van der Waals surface area contributed by atoms with E-state index in [-0.39, 0.29) is 11.7 Å². The Labute approximate surface area is 89.9 Å². The molecule has 0 aromatic rings. The van der Waals surface area contributed by atoms with E-state index in [0.717, 1.165) is 12.8 Å². The van der Waals surface area contributed by atoms with E-state index >= 15 is 0 Å². The molecular formula is C11H18O4. The summed E-state index contributed by atoms with van der Waals surface area (Å²) in [4.78, 5) is 11.5. The van der Waals surface area contributed by atoms with Crippen molar-refractivity contribution in [3.05, 3.63) is 12.2 Å². The Hall–Kier alpha value is -0.870. The monoisotopic (exact) mass is 214 g/mol. The van der Waals surface area contributed by atoms with Crippen LogP contribution in [0, 0.1) is 0 Å². The van der Waals surface area contributed by atoms with Gasteiger partial charge in [-0.1, -0.05) is 13.5 Å². The average Bonchev–Trinajstić information content (AvgIpc) is 2.28. The molecule has 0 aromatic carbocycles. The Morgan fingerprint density at radius 3 is 2.73 bits per heavy atom. The van der Waals surface area contributed by atoms with Crippen LogP contribution in [-0.2, 0) is 14.3 Å². The smallest absolute Gasteiger partial charge is 0.336 e. The summed E-state index contributed by atoms with van der Waals surface area (Å²) in [7, 11) is 0. The molecule has 0 bridgehead atoms. The Morgan fingerprint density at radius 1 is 1.60 bits per heavy atom. The van der Waals surface area contributed by atoms with Gasteiger partial charge < -0.3 is 14.6 Å². The van der Waals surface area contributed by atoms with E-state index in [1.54, 1.807) is 6.92 Å². The van der Waals surface area contributed by atoms with E-state index in [1.165, 1.54) is 0 Å². The molecule has 1 saturated heterocycles. The lowest BCUT2D eigenvalue weighted by molar-refractivity contribution is -0.149. The van der Waals surface area contributed by atoms with Gasteiger partial charge >= 0.3 is 5.97 Å². The molecule has 4 heteroatoms. The molecule has 1 rings (SSSR count). The maximum Gasteiger partial charge on any atom is 0.336 e. The molecule has 15 heavy (non-hydrogen) atoms. The van der Waals surface area contributed by atoms with Crippen molar-refractivity contribution in [2.45, 2.75) is 38.4 Å². The van der Waals surface area contributed by atoms with Crippen molar-refractivity contribution in [2.24, 2.45) is 0 Å². The lowest BCUT2D eigenvalue weighted by Gasteiger charge is -2.23. The third-order valence-corrected chi connectivity index (χ3v) is 2.49. The maximum absolute atomic E-state index is 11.5. The summed E-state index contributed by atoms with van der Waals surface area (Å²) >= 11 is 0. The molecule has 1 N–H and O–H groups in total. The Morgan fingerprint density at radius 2 is 2.20 bits per heavy atom. The highest BCUT2D eigenvalue weighted by molar-refractivity contribution is 5.88. The number of ether oxygens (including phenoxy) is 2. The van der Waals surface area contributed by atoms with Gasteiger partial charge in [-0.05, 0) is 6.42 Å². The van der Waals surface area contributed by atoms with Crippen molar-refractivity contribution in [1.29, 1.82) is 0 Å². The van der Waals surface area contributed by atoms with Crippen molar-refractivity contribution in [1.82, 2.24) is 0 Å². The van der Waals surface area contributed by atoms with Gasteiger partial charge in [0.15, 0.2) is 0 Å². The molecule has 1 heterocycles. The fourth-order valence-electron chi connectivity index (χ4n) is 1.40. The van der Waals surface area contributed by atoms with Gasteiger partial charge in [-0.15, -0.1) is 0 Å². The van der Waals surface area contributed by atoms with Gasteiger partial charge in [-0.2, -0.15) is 0 Å². The van der Waals surface area contributed by atoms with Crippen molar-refractivity contribution < 1.29 is 19.4 Å². The zero-order valence-corrected chi connectivity index (χ0v) is 9.07. The zero-order chi connectivity index (χ0) is 11.3. The van der Waals surface area contributed by atoms with Gasteiger partial charge in [-0.25, -0.2) is 4.79 Å². The highest BCUT2D eigenvalue weighted by Crippen LogP contribution is 2.14. The lowest BCUT2D eigenvalue weighted by atomic mass is 10.1.